The zero-order chi connectivity index (χ0) is 23.8. The lowest BCUT2D eigenvalue weighted by molar-refractivity contribution is -0.121. The van der Waals surface area contributed by atoms with E-state index in [4.69, 9.17) is 9.47 Å². The molecule has 1 heterocycles. The summed E-state index contributed by atoms with van der Waals surface area (Å²) >= 11 is 0. The van der Waals surface area contributed by atoms with Crippen molar-refractivity contribution in [1.82, 2.24) is 15.4 Å². The van der Waals surface area contributed by atoms with Crippen molar-refractivity contribution in [2.45, 2.75) is 33.3 Å². The summed E-state index contributed by atoms with van der Waals surface area (Å²) in [5.74, 6) is 0.682. The minimum absolute atomic E-state index is 0.0299. The molecule has 0 aliphatic heterocycles. The molecule has 2 aromatic carbocycles. The van der Waals surface area contributed by atoms with Gasteiger partial charge in [-0.05, 0) is 38.0 Å². The van der Waals surface area contributed by atoms with E-state index in [9.17, 15) is 14.4 Å². The van der Waals surface area contributed by atoms with Gasteiger partial charge >= 0.3 is 5.69 Å². The van der Waals surface area contributed by atoms with Crippen molar-refractivity contribution >= 4 is 12.1 Å². The minimum Gasteiger partial charge on any atom is -0.493 e. The van der Waals surface area contributed by atoms with Crippen LogP contribution in [0.15, 0.2) is 57.2 Å². The third-order valence-electron chi connectivity index (χ3n) is 4.94. The Morgan fingerprint density at radius 1 is 1.12 bits per heavy atom. The van der Waals surface area contributed by atoms with E-state index in [0.717, 1.165) is 11.1 Å². The summed E-state index contributed by atoms with van der Waals surface area (Å²) in [4.78, 5) is 40.0. The van der Waals surface area contributed by atoms with Crippen molar-refractivity contribution < 1.29 is 14.3 Å². The molecule has 0 unspecified atom stereocenters. The average molecular weight is 450 g/mol. The van der Waals surface area contributed by atoms with E-state index in [1.54, 1.807) is 32.2 Å². The van der Waals surface area contributed by atoms with Gasteiger partial charge in [-0.25, -0.2) is 10.2 Å². The number of hydrazone groups is 1. The second-order valence-electron chi connectivity index (χ2n) is 7.46. The van der Waals surface area contributed by atoms with Crippen molar-refractivity contribution in [3.63, 3.8) is 0 Å². The van der Waals surface area contributed by atoms with E-state index < -0.39 is 11.2 Å². The first-order chi connectivity index (χ1) is 15.9. The van der Waals surface area contributed by atoms with Gasteiger partial charge < -0.3 is 14.5 Å². The topological polar surface area (TPSA) is 126 Å². The molecule has 0 radical (unpaired) electrons. The molecule has 0 fully saturated rings. The third-order valence-corrected chi connectivity index (χ3v) is 4.94. The van der Waals surface area contributed by atoms with Crippen LogP contribution in [0.25, 0.3) is 0 Å². The van der Waals surface area contributed by atoms with Crippen molar-refractivity contribution in [1.29, 1.82) is 0 Å². The molecule has 0 saturated carbocycles. The smallest absolute Gasteiger partial charge is 0.325 e. The summed E-state index contributed by atoms with van der Waals surface area (Å²) in [6, 6.07) is 13.4. The van der Waals surface area contributed by atoms with Crippen molar-refractivity contribution in [3.05, 3.63) is 91.3 Å². The molecule has 3 aromatic rings. The summed E-state index contributed by atoms with van der Waals surface area (Å²) in [7, 11) is 1.55. The number of aryl methyl sites for hydroxylation is 2. The van der Waals surface area contributed by atoms with Gasteiger partial charge in [-0.2, -0.15) is 5.10 Å². The number of carbonyl (C=O) groups is 1. The molecule has 0 atom stereocenters. The van der Waals surface area contributed by atoms with Crippen LogP contribution in [0.5, 0.6) is 11.5 Å². The predicted octanol–water partition coefficient (Wildman–Crippen LogP) is 2.35. The number of benzene rings is 2. The van der Waals surface area contributed by atoms with Gasteiger partial charge in [0.25, 0.3) is 5.56 Å². The Kier molecular flexibility index (Phi) is 7.80. The fourth-order valence-corrected chi connectivity index (χ4v) is 3.30. The summed E-state index contributed by atoms with van der Waals surface area (Å²) in [5, 5.41) is 4.01. The molecule has 3 N–H and O–H groups in total. The van der Waals surface area contributed by atoms with Crippen LogP contribution >= 0.6 is 0 Å². The number of aromatic amines is 2. The zero-order valence-corrected chi connectivity index (χ0v) is 18.7. The SMILES string of the molecule is COc1cccc(/C=N/NC(=O)CCc2c(C)[nH]c(=O)[nH]c2=O)c1OCc1cccc(C)c1. The molecular formula is C24H26N4O5. The largest absolute Gasteiger partial charge is 0.493 e. The Balaban J connectivity index is 1.65. The number of H-pyrrole nitrogens is 2. The third kappa shape index (κ3) is 6.42. The van der Waals surface area contributed by atoms with Crippen LogP contribution in [-0.4, -0.2) is 29.2 Å². The maximum absolute atomic E-state index is 12.2. The van der Waals surface area contributed by atoms with Gasteiger partial charge in [-0.3, -0.25) is 14.6 Å². The molecule has 0 aliphatic carbocycles. The molecule has 9 heteroatoms. The molecule has 0 aliphatic rings. The molecule has 3 rings (SSSR count). The van der Waals surface area contributed by atoms with E-state index >= 15 is 0 Å². The fraction of sp³-hybridized carbons (Fsp3) is 0.250. The molecule has 0 bridgehead atoms. The summed E-state index contributed by atoms with van der Waals surface area (Å²) in [5.41, 5.74) is 4.96. The first kappa shape index (κ1) is 23.5. The second kappa shape index (κ2) is 10.9. The zero-order valence-electron chi connectivity index (χ0n) is 18.7. The number of hydrogen-bond acceptors (Lipinski definition) is 6. The molecule has 0 saturated heterocycles. The van der Waals surface area contributed by atoms with E-state index in [0.29, 0.717) is 34.9 Å². The van der Waals surface area contributed by atoms with Gasteiger partial charge in [0.15, 0.2) is 11.5 Å². The van der Waals surface area contributed by atoms with Crippen molar-refractivity contribution in [2.24, 2.45) is 5.10 Å². The Morgan fingerprint density at radius 2 is 1.91 bits per heavy atom. The second-order valence-corrected chi connectivity index (χ2v) is 7.46. The lowest BCUT2D eigenvalue weighted by Gasteiger charge is -2.13. The predicted molar refractivity (Wildman–Crippen MR) is 125 cm³/mol. The Hall–Kier alpha value is -4.14. The van der Waals surface area contributed by atoms with Crippen LogP contribution < -0.4 is 26.1 Å². The Morgan fingerprint density at radius 3 is 2.64 bits per heavy atom. The standard InChI is InChI=1S/C24H26N4O5/c1-15-6-4-7-17(12-15)14-33-22-18(8-5-9-20(22)32-3)13-25-28-21(29)11-10-19-16(2)26-24(31)27-23(19)30/h4-9,12-13H,10-11,14H2,1-3H3,(H,28,29)(H2,26,27,30,31)/b25-13+. The normalized spacial score (nSPS) is 10.9. The number of nitrogens with zero attached hydrogens (tertiary/aromatic N) is 1. The highest BCUT2D eigenvalue weighted by atomic mass is 16.5. The molecule has 1 aromatic heterocycles. The Bertz CT molecular complexity index is 1280. The molecule has 0 spiro atoms. The quantitative estimate of drug-likeness (QED) is 0.341. The summed E-state index contributed by atoms with van der Waals surface area (Å²) < 4.78 is 11.4. The molecule has 33 heavy (non-hydrogen) atoms. The number of nitrogens with one attached hydrogen (secondary N) is 3. The molecule has 9 nitrogen and oxygen atoms in total. The van der Waals surface area contributed by atoms with Gasteiger partial charge in [0.05, 0.1) is 13.3 Å². The van der Waals surface area contributed by atoms with E-state index in [1.165, 1.54) is 6.21 Å². The number of aromatic nitrogens is 2. The van der Waals surface area contributed by atoms with Crippen LogP contribution in [0, 0.1) is 13.8 Å². The number of carbonyl (C=O) groups excluding carboxylic acids is 1. The average Bonchev–Trinajstić information content (AvgIpc) is 2.77. The van der Waals surface area contributed by atoms with Gasteiger partial charge in [0.2, 0.25) is 5.91 Å². The van der Waals surface area contributed by atoms with E-state index in [-0.39, 0.29) is 18.7 Å². The van der Waals surface area contributed by atoms with Crippen LogP contribution in [0.3, 0.4) is 0 Å². The maximum Gasteiger partial charge on any atom is 0.325 e. The lowest BCUT2D eigenvalue weighted by atomic mass is 10.1. The number of amides is 1. The first-order valence-corrected chi connectivity index (χ1v) is 10.4. The van der Waals surface area contributed by atoms with Crippen molar-refractivity contribution in [3.8, 4) is 11.5 Å². The molecular weight excluding hydrogens is 424 g/mol. The maximum atomic E-state index is 12.2. The number of methoxy groups -OCH3 is 1. The van der Waals surface area contributed by atoms with Gasteiger partial charge in [0.1, 0.15) is 6.61 Å². The highest BCUT2D eigenvalue weighted by Gasteiger charge is 2.11. The number of hydrogen-bond donors (Lipinski definition) is 3. The number of para-hydroxylation sites is 1. The number of ether oxygens (including phenoxy) is 2. The highest BCUT2D eigenvalue weighted by Crippen LogP contribution is 2.30. The van der Waals surface area contributed by atoms with E-state index in [2.05, 4.69) is 20.5 Å². The first-order valence-electron chi connectivity index (χ1n) is 10.4. The minimum atomic E-state index is -0.575. The van der Waals surface area contributed by atoms with E-state index in [1.807, 2.05) is 31.2 Å². The Labute approximate surface area is 190 Å². The summed E-state index contributed by atoms with van der Waals surface area (Å²) in [6.07, 6.45) is 1.68. The highest BCUT2D eigenvalue weighted by molar-refractivity contribution is 5.86. The van der Waals surface area contributed by atoms with Crippen LogP contribution in [0.4, 0.5) is 0 Å². The van der Waals surface area contributed by atoms with Crippen LogP contribution in [0.2, 0.25) is 0 Å². The monoisotopic (exact) mass is 450 g/mol. The molecule has 172 valence electrons. The van der Waals surface area contributed by atoms with Crippen LogP contribution in [-0.2, 0) is 17.8 Å². The number of rotatable bonds is 9. The summed E-state index contributed by atoms with van der Waals surface area (Å²) in [6.45, 7) is 3.98. The van der Waals surface area contributed by atoms with Gasteiger partial charge in [0, 0.05) is 23.2 Å². The van der Waals surface area contributed by atoms with Gasteiger partial charge in [-0.1, -0.05) is 35.9 Å². The van der Waals surface area contributed by atoms with Crippen LogP contribution in [0.1, 0.15) is 34.4 Å². The van der Waals surface area contributed by atoms with Crippen molar-refractivity contribution in [2.75, 3.05) is 7.11 Å². The molecule has 1 amide bonds. The lowest BCUT2D eigenvalue weighted by Crippen LogP contribution is -2.28. The fourth-order valence-electron chi connectivity index (χ4n) is 3.30. The van der Waals surface area contributed by atoms with Gasteiger partial charge in [-0.15, -0.1) is 0 Å².